The minimum Gasteiger partial charge on any atom is -0.381 e. The van der Waals surface area contributed by atoms with Crippen LogP contribution >= 0.6 is 0 Å². The summed E-state index contributed by atoms with van der Waals surface area (Å²) in [4.78, 5) is 0. The second kappa shape index (κ2) is 11.4. The average Bonchev–Trinajstić information content (AvgIpc) is 2.16. The Kier molecular flexibility index (Phi) is 10.9. The number of allylic oxidation sites excluding steroid dienone is 2. The van der Waals surface area contributed by atoms with E-state index in [1.54, 1.807) is 0 Å². The highest BCUT2D eigenvalue weighted by Gasteiger charge is 1.83. The Balaban J connectivity index is 2.99. The fourth-order valence-electron chi connectivity index (χ4n) is 0.974. The molecule has 0 saturated carbocycles. The van der Waals surface area contributed by atoms with Gasteiger partial charge in [-0.2, -0.15) is 0 Å². The summed E-state index contributed by atoms with van der Waals surface area (Å²) in [5.41, 5.74) is 0. The molecule has 0 N–H and O–H groups in total. The molecular formula is C12H22O. The standard InChI is InChI=1S/C12H22O/c1-3-5-7-9-11-13-12-10-8-6-4-2/h5-8H,3-4,9-12H2,1-2H3. The monoisotopic (exact) mass is 182 g/mol. The van der Waals surface area contributed by atoms with Gasteiger partial charge >= 0.3 is 0 Å². The highest BCUT2D eigenvalue weighted by molar-refractivity contribution is 4.80. The van der Waals surface area contributed by atoms with E-state index in [1.165, 1.54) is 0 Å². The van der Waals surface area contributed by atoms with E-state index in [2.05, 4.69) is 38.2 Å². The number of ether oxygens (including phenoxy) is 1. The van der Waals surface area contributed by atoms with Gasteiger partial charge in [0.2, 0.25) is 0 Å². The van der Waals surface area contributed by atoms with Crippen molar-refractivity contribution in [3.8, 4) is 0 Å². The molecule has 1 nitrogen and oxygen atoms in total. The maximum absolute atomic E-state index is 5.42. The average molecular weight is 182 g/mol. The Morgan fingerprint density at radius 3 is 1.62 bits per heavy atom. The molecule has 13 heavy (non-hydrogen) atoms. The molecule has 0 heterocycles. The molecule has 1 heteroatoms. The van der Waals surface area contributed by atoms with Crippen LogP contribution in [0, 0.1) is 0 Å². The smallest absolute Gasteiger partial charge is 0.0500 e. The SMILES string of the molecule is CCC=CCCOCCC=CCC. The number of hydrogen-bond donors (Lipinski definition) is 0. The van der Waals surface area contributed by atoms with E-state index in [0.717, 1.165) is 38.9 Å². The summed E-state index contributed by atoms with van der Waals surface area (Å²) in [6.45, 7) is 6.01. The van der Waals surface area contributed by atoms with Gasteiger partial charge in [-0.05, 0) is 25.7 Å². The first-order chi connectivity index (χ1) is 6.41. The lowest BCUT2D eigenvalue weighted by molar-refractivity contribution is 0.143. The summed E-state index contributed by atoms with van der Waals surface area (Å²) in [5, 5.41) is 0. The highest BCUT2D eigenvalue weighted by Crippen LogP contribution is 1.91. The van der Waals surface area contributed by atoms with Crippen molar-refractivity contribution in [1.82, 2.24) is 0 Å². The highest BCUT2D eigenvalue weighted by atomic mass is 16.5. The van der Waals surface area contributed by atoms with Crippen LogP contribution in [0.25, 0.3) is 0 Å². The van der Waals surface area contributed by atoms with Crippen molar-refractivity contribution in [2.24, 2.45) is 0 Å². The molecule has 0 aliphatic heterocycles. The van der Waals surface area contributed by atoms with Crippen LogP contribution in [-0.2, 0) is 4.74 Å². The van der Waals surface area contributed by atoms with Crippen molar-refractivity contribution < 1.29 is 4.74 Å². The topological polar surface area (TPSA) is 9.23 Å². The van der Waals surface area contributed by atoms with Crippen molar-refractivity contribution in [3.05, 3.63) is 24.3 Å². The predicted octanol–water partition coefficient (Wildman–Crippen LogP) is 3.72. The van der Waals surface area contributed by atoms with Crippen LogP contribution in [0.4, 0.5) is 0 Å². The van der Waals surface area contributed by atoms with Gasteiger partial charge in [0.15, 0.2) is 0 Å². The van der Waals surface area contributed by atoms with Crippen LogP contribution in [-0.4, -0.2) is 13.2 Å². The molecule has 0 atom stereocenters. The predicted molar refractivity (Wildman–Crippen MR) is 58.9 cm³/mol. The van der Waals surface area contributed by atoms with E-state index in [0.29, 0.717) is 0 Å². The van der Waals surface area contributed by atoms with Gasteiger partial charge in [0.25, 0.3) is 0 Å². The van der Waals surface area contributed by atoms with E-state index >= 15 is 0 Å². The van der Waals surface area contributed by atoms with E-state index in [4.69, 9.17) is 4.74 Å². The van der Waals surface area contributed by atoms with Crippen LogP contribution in [0.15, 0.2) is 24.3 Å². The van der Waals surface area contributed by atoms with Gasteiger partial charge in [0.05, 0.1) is 13.2 Å². The van der Waals surface area contributed by atoms with Crippen LogP contribution in [0.5, 0.6) is 0 Å². The lowest BCUT2D eigenvalue weighted by atomic mass is 10.3. The molecule has 76 valence electrons. The molecule has 0 amide bonds. The van der Waals surface area contributed by atoms with Gasteiger partial charge in [0.1, 0.15) is 0 Å². The summed E-state index contributed by atoms with van der Waals surface area (Å²) in [7, 11) is 0. The molecule has 0 aromatic carbocycles. The molecule has 0 saturated heterocycles. The molecule has 0 aromatic rings. The third kappa shape index (κ3) is 11.4. The van der Waals surface area contributed by atoms with E-state index < -0.39 is 0 Å². The fraction of sp³-hybridized carbons (Fsp3) is 0.667. The van der Waals surface area contributed by atoms with Crippen molar-refractivity contribution in [2.75, 3.05) is 13.2 Å². The summed E-state index contributed by atoms with van der Waals surface area (Å²) < 4.78 is 5.42. The van der Waals surface area contributed by atoms with Crippen molar-refractivity contribution in [1.29, 1.82) is 0 Å². The Bertz CT molecular complexity index is 120. The van der Waals surface area contributed by atoms with Crippen LogP contribution in [0.2, 0.25) is 0 Å². The first-order valence-electron chi connectivity index (χ1n) is 5.29. The second-order valence-corrected chi connectivity index (χ2v) is 2.95. The zero-order valence-corrected chi connectivity index (χ0v) is 8.96. The molecular weight excluding hydrogens is 160 g/mol. The maximum Gasteiger partial charge on any atom is 0.0500 e. The third-order valence-corrected chi connectivity index (χ3v) is 1.66. The maximum atomic E-state index is 5.42. The molecule has 0 bridgehead atoms. The largest absolute Gasteiger partial charge is 0.381 e. The fourth-order valence-corrected chi connectivity index (χ4v) is 0.974. The summed E-state index contributed by atoms with van der Waals surface area (Å²) in [6, 6.07) is 0. The molecule has 0 aliphatic carbocycles. The first kappa shape index (κ1) is 12.4. The minimum absolute atomic E-state index is 0.858. The van der Waals surface area contributed by atoms with Crippen LogP contribution < -0.4 is 0 Å². The van der Waals surface area contributed by atoms with Gasteiger partial charge in [-0.3, -0.25) is 0 Å². The van der Waals surface area contributed by atoms with Crippen molar-refractivity contribution in [2.45, 2.75) is 39.5 Å². The lowest BCUT2D eigenvalue weighted by Gasteiger charge is -1.98. The van der Waals surface area contributed by atoms with Crippen LogP contribution in [0.1, 0.15) is 39.5 Å². The Morgan fingerprint density at radius 2 is 1.23 bits per heavy atom. The van der Waals surface area contributed by atoms with Gasteiger partial charge in [-0.1, -0.05) is 38.2 Å². The van der Waals surface area contributed by atoms with E-state index in [9.17, 15) is 0 Å². The number of rotatable bonds is 8. The second-order valence-electron chi connectivity index (χ2n) is 2.95. The third-order valence-electron chi connectivity index (χ3n) is 1.66. The summed E-state index contributed by atoms with van der Waals surface area (Å²) >= 11 is 0. The molecule has 0 aliphatic rings. The lowest BCUT2D eigenvalue weighted by Crippen LogP contribution is -1.94. The molecule has 0 unspecified atom stereocenters. The summed E-state index contributed by atoms with van der Waals surface area (Å²) in [5.74, 6) is 0. The van der Waals surface area contributed by atoms with E-state index in [-0.39, 0.29) is 0 Å². The number of hydrogen-bond acceptors (Lipinski definition) is 1. The molecule has 0 rings (SSSR count). The normalized spacial score (nSPS) is 11.8. The minimum atomic E-state index is 0.858. The van der Waals surface area contributed by atoms with Gasteiger partial charge in [-0.15, -0.1) is 0 Å². The first-order valence-corrected chi connectivity index (χ1v) is 5.29. The van der Waals surface area contributed by atoms with Gasteiger partial charge in [-0.25, -0.2) is 0 Å². The van der Waals surface area contributed by atoms with Gasteiger partial charge < -0.3 is 4.74 Å². The quantitative estimate of drug-likeness (QED) is 0.410. The zero-order chi connectivity index (χ0) is 9.78. The molecule has 0 spiro atoms. The molecule has 0 aromatic heterocycles. The van der Waals surface area contributed by atoms with Crippen molar-refractivity contribution >= 4 is 0 Å². The Morgan fingerprint density at radius 1 is 0.769 bits per heavy atom. The van der Waals surface area contributed by atoms with Gasteiger partial charge in [0, 0.05) is 0 Å². The van der Waals surface area contributed by atoms with E-state index in [1.807, 2.05) is 0 Å². The van der Waals surface area contributed by atoms with Crippen molar-refractivity contribution in [3.63, 3.8) is 0 Å². The van der Waals surface area contributed by atoms with Crippen LogP contribution in [0.3, 0.4) is 0 Å². The molecule has 0 radical (unpaired) electrons. The Hall–Kier alpha value is -0.560. The summed E-state index contributed by atoms with van der Waals surface area (Å²) in [6.07, 6.45) is 13.1. The molecule has 0 fully saturated rings. The zero-order valence-electron chi connectivity index (χ0n) is 8.96. The Labute approximate surface area is 82.5 Å².